The second-order valence-electron chi connectivity index (χ2n) is 10.5. The molecule has 0 atom stereocenters. The van der Waals surface area contributed by atoms with E-state index in [1.807, 2.05) is 184 Å². The Balaban J connectivity index is 1.28. The zero-order valence-electron chi connectivity index (χ0n) is 25.6. The molecule has 12 heteroatoms. The third-order valence-electron chi connectivity index (χ3n) is 7.40. The zero-order chi connectivity index (χ0) is 32.1. The van der Waals surface area contributed by atoms with E-state index in [-0.39, 0.29) is 0 Å². The fourth-order valence-electron chi connectivity index (χ4n) is 5.22. The molecule has 0 aliphatic carbocycles. The molecule has 8 rings (SSSR count). The normalized spacial score (nSPS) is 11.5. The molecule has 2 aromatic carbocycles. The van der Waals surface area contributed by atoms with E-state index in [4.69, 9.17) is 13.6 Å². The number of hydrogen-bond acceptors (Lipinski definition) is 3. The van der Waals surface area contributed by atoms with Gasteiger partial charge in [-0.05, 0) is 91.0 Å². The highest BCUT2D eigenvalue weighted by Crippen LogP contribution is 2.54. The van der Waals surface area contributed by atoms with Crippen molar-refractivity contribution in [2.24, 2.45) is 0 Å². The smallest absolute Gasteiger partial charge is 0.317 e. The Morgan fingerprint density at radius 1 is 0.292 bits per heavy atom. The number of aromatic nitrogens is 6. The van der Waals surface area contributed by atoms with Crippen molar-refractivity contribution in [3.8, 4) is 28.4 Å². The first-order valence-electron chi connectivity index (χ1n) is 15.3. The molecule has 6 aromatic heterocycles. The molecule has 0 fully saturated rings. The Kier molecular flexibility index (Phi) is 8.73. The largest absolute Gasteiger partial charge is 0.435 e. The van der Waals surface area contributed by atoms with Crippen molar-refractivity contribution >= 4 is 25.3 Å². The molecule has 6 heterocycles. The molecule has 0 bridgehead atoms. The van der Waals surface area contributed by atoms with Gasteiger partial charge in [0.1, 0.15) is 17.2 Å². The van der Waals surface area contributed by atoms with Crippen LogP contribution in [0.25, 0.3) is 11.1 Å². The summed E-state index contributed by atoms with van der Waals surface area (Å²) in [5.41, 5.74) is 1.67. The Labute approximate surface area is 282 Å². The third kappa shape index (κ3) is 6.24. The van der Waals surface area contributed by atoms with Crippen molar-refractivity contribution in [2.45, 2.75) is 0 Å². The number of benzene rings is 2. The summed E-state index contributed by atoms with van der Waals surface area (Å²) in [5.74, 6) is 2.07. The lowest BCUT2D eigenvalue weighted by atomic mass is 10.0. The molecular formula is C36H31N6O3P3. The van der Waals surface area contributed by atoms with Crippen molar-refractivity contribution in [2.75, 3.05) is 0 Å². The van der Waals surface area contributed by atoms with Gasteiger partial charge in [0, 0.05) is 79.9 Å². The number of para-hydroxylation sites is 1. The molecule has 0 aliphatic heterocycles. The lowest BCUT2D eigenvalue weighted by Crippen LogP contribution is -2.07. The van der Waals surface area contributed by atoms with E-state index in [1.165, 1.54) is 0 Å². The maximum Gasteiger partial charge on any atom is 0.317 e. The van der Waals surface area contributed by atoms with Gasteiger partial charge in [0.15, 0.2) is 0 Å². The number of rotatable bonds is 13. The molecule has 0 radical (unpaired) electrons. The highest BCUT2D eigenvalue weighted by Gasteiger charge is 2.27. The summed E-state index contributed by atoms with van der Waals surface area (Å²) in [6.07, 6.45) is 24.4. The summed E-state index contributed by atoms with van der Waals surface area (Å²) >= 11 is 0. The van der Waals surface area contributed by atoms with Crippen LogP contribution in [0.5, 0.6) is 17.2 Å². The number of nitrogens with zero attached hydrogens (tertiary/aromatic N) is 6. The molecule has 8 aromatic rings. The molecular weight excluding hydrogens is 657 g/mol. The van der Waals surface area contributed by atoms with Crippen LogP contribution < -0.4 is 13.6 Å². The Morgan fingerprint density at radius 3 is 0.896 bits per heavy atom. The van der Waals surface area contributed by atoms with E-state index in [0.717, 1.165) is 11.1 Å². The first-order chi connectivity index (χ1) is 23.8. The van der Waals surface area contributed by atoms with Crippen molar-refractivity contribution < 1.29 is 13.6 Å². The lowest BCUT2D eigenvalue weighted by Gasteiger charge is -2.26. The molecule has 0 amide bonds. The van der Waals surface area contributed by atoms with Crippen LogP contribution in [0.3, 0.4) is 0 Å². The van der Waals surface area contributed by atoms with Gasteiger partial charge in [0.05, 0.1) is 5.56 Å². The van der Waals surface area contributed by atoms with E-state index < -0.39 is 25.3 Å². The first kappa shape index (κ1) is 30.2. The fourth-order valence-corrected chi connectivity index (χ4v) is 9.79. The molecule has 238 valence electrons. The molecule has 9 nitrogen and oxygen atoms in total. The predicted octanol–water partition coefficient (Wildman–Crippen LogP) is 10.3. The summed E-state index contributed by atoms with van der Waals surface area (Å²) in [6, 6.07) is 38.3. The monoisotopic (exact) mass is 688 g/mol. The van der Waals surface area contributed by atoms with Gasteiger partial charge in [0.2, 0.25) is 0 Å². The van der Waals surface area contributed by atoms with Gasteiger partial charge in [-0.25, -0.2) is 0 Å². The second-order valence-corrected chi connectivity index (χ2v) is 15.4. The minimum atomic E-state index is -1.32. The molecule has 48 heavy (non-hydrogen) atoms. The van der Waals surface area contributed by atoms with E-state index in [0.29, 0.717) is 17.2 Å². The van der Waals surface area contributed by atoms with Gasteiger partial charge >= 0.3 is 25.3 Å². The fraction of sp³-hybridized carbons (Fsp3) is 0. The first-order valence-corrected chi connectivity index (χ1v) is 18.8. The Hall–Kier alpha value is -5.19. The van der Waals surface area contributed by atoms with Crippen molar-refractivity contribution in [1.29, 1.82) is 0 Å². The van der Waals surface area contributed by atoms with Crippen LogP contribution >= 0.6 is 25.3 Å². The standard InChI is InChI=1S/C36H31N6O3P3/c1-2-17-33(43-46(37-20-3-4-21-37)38-22-5-6-23-38)32(16-1)36-34(44-47(39-24-7-8-25-39)40-26-9-10-27-40)18-15-19-35(36)45-48(41-28-11-12-29-41)42-30-13-14-31-42/h1-31H. The van der Waals surface area contributed by atoms with Crippen LogP contribution in [0, 0.1) is 0 Å². The second kappa shape index (κ2) is 13.9. The maximum atomic E-state index is 7.04. The van der Waals surface area contributed by atoms with Gasteiger partial charge in [-0.15, -0.1) is 0 Å². The van der Waals surface area contributed by atoms with Gasteiger partial charge in [-0.2, -0.15) is 0 Å². The average Bonchev–Trinajstić information content (AvgIpc) is 3.98. The topological polar surface area (TPSA) is 57.3 Å². The summed E-state index contributed by atoms with van der Waals surface area (Å²) in [6.45, 7) is 0. The Bertz CT molecular complexity index is 1930. The molecule has 0 unspecified atom stereocenters. The minimum Gasteiger partial charge on any atom is -0.435 e. The number of hydrogen-bond donors (Lipinski definition) is 0. The highest BCUT2D eigenvalue weighted by molar-refractivity contribution is 7.50. The van der Waals surface area contributed by atoms with Crippen LogP contribution in [0.15, 0.2) is 190 Å². The minimum absolute atomic E-state index is 0.679. The van der Waals surface area contributed by atoms with E-state index in [1.54, 1.807) is 0 Å². The SMILES string of the molecule is c1ccc(-c2c(OP(n3cccc3)n3cccc3)cccc2OP(n2cccc2)n2cccc2)c(OP(n2cccc2)n2cccc2)c1. The van der Waals surface area contributed by atoms with Gasteiger partial charge in [0.25, 0.3) is 0 Å². The summed E-state index contributed by atoms with van der Waals surface area (Å²) < 4.78 is 33.6. The molecule has 0 N–H and O–H groups in total. The van der Waals surface area contributed by atoms with E-state index >= 15 is 0 Å². The third-order valence-corrected chi connectivity index (χ3v) is 12.5. The zero-order valence-corrected chi connectivity index (χ0v) is 28.3. The summed E-state index contributed by atoms with van der Waals surface area (Å²) in [4.78, 5) is 0. The van der Waals surface area contributed by atoms with Crippen LogP contribution in [0.2, 0.25) is 0 Å². The van der Waals surface area contributed by atoms with Crippen LogP contribution in [-0.4, -0.2) is 26.0 Å². The quantitative estimate of drug-likeness (QED) is 0.113. The van der Waals surface area contributed by atoms with Gasteiger partial charge < -0.3 is 13.6 Å². The van der Waals surface area contributed by atoms with Crippen molar-refractivity contribution in [1.82, 2.24) is 26.0 Å². The summed E-state index contributed by atoms with van der Waals surface area (Å²) in [5, 5.41) is 0. The van der Waals surface area contributed by atoms with Gasteiger partial charge in [-0.1, -0.05) is 24.3 Å². The van der Waals surface area contributed by atoms with Crippen LogP contribution in [0.1, 0.15) is 0 Å². The predicted molar refractivity (Wildman–Crippen MR) is 194 cm³/mol. The molecule has 0 spiro atoms. The maximum absolute atomic E-state index is 7.04. The molecule has 0 saturated heterocycles. The van der Waals surface area contributed by atoms with Gasteiger partial charge in [-0.3, -0.25) is 26.0 Å². The van der Waals surface area contributed by atoms with Crippen LogP contribution in [-0.2, 0) is 0 Å². The Morgan fingerprint density at radius 2 is 0.562 bits per heavy atom. The van der Waals surface area contributed by atoms with E-state index in [2.05, 4.69) is 32.1 Å². The molecule has 0 saturated carbocycles. The molecule has 0 aliphatic rings. The summed E-state index contributed by atoms with van der Waals surface area (Å²) in [7, 11) is -3.93. The lowest BCUT2D eigenvalue weighted by molar-refractivity contribution is 0.567. The highest BCUT2D eigenvalue weighted by atomic mass is 31.2. The van der Waals surface area contributed by atoms with E-state index in [9.17, 15) is 0 Å². The van der Waals surface area contributed by atoms with Crippen molar-refractivity contribution in [3.05, 3.63) is 190 Å². The van der Waals surface area contributed by atoms with Crippen LogP contribution in [0.4, 0.5) is 0 Å². The average molecular weight is 689 g/mol. The van der Waals surface area contributed by atoms with Crippen molar-refractivity contribution in [3.63, 3.8) is 0 Å².